The Kier molecular flexibility index (Phi) is 7.97. The third-order valence-electron chi connectivity index (χ3n) is 3.25. The van der Waals surface area contributed by atoms with Gasteiger partial charge in [0.25, 0.3) is 0 Å². The van der Waals surface area contributed by atoms with Gasteiger partial charge in [0, 0.05) is 25.9 Å². The summed E-state index contributed by atoms with van der Waals surface area (Å²) in [7, 11) is 1.62. The topological polar surface area (TPSA) is 61.8 Å². The zero-order valence-electron chi connectivity index (χ0n) is 13.1. The standard InChI is InChI=1S/C16H26N2O3/c1-13(2)14-6-4-5-7-15(14)17-16(20)12-18(8-10-19)9-11-21-3/h4-7,13,19H,8-12H2,1-3H3,(H,17,20). The molecule has 0 saturated carbocycles. The van der Waals surface area contributed by atoms with Gasteiger partial charge >= 0.3 is 0 Å². The highest BCUT2D eigenvalue weighted by Crippen LogP contribution is 2.23. The number of carbonyl (C=O) groups excluding carboxylic acids is 1. The van der Waals surface area contributed by atoms with Crippen LogP contribution in [0.1, 0.15) is 25.3 Å². The van der Waals surface area contributed by atoms with E-state index in [9.17, 15) is 4.79 Å². The quantitative estimate of drug-likeness (QED) is 0.727. The van der Waals surface area contributed by atoms with E-state index in [1.165, 1.54) is 0 Å². The Bertz CT molecular complexity index is 435. The van der Waals surface area contributed by atoms with Crippen molar-refractivity contribution in [2.45, 2.75) is 19.8 Å². The fraction of sp³-hybridized carbons (Fsp3) is 0.562. The van der Waals surface area contributed by atoms with Crippen molar-refractivity contribution in [1.82, 2.24) is 4.90 Å². The molecule has 2 N–H and O–H groups in total. The van der Waals surface area contributed by atoms with Gasteiger partial charge in [0.05, 0.1) is 19.8 Å². The van der Waals surface area contributed by atoms with Gasteiger partial charge in [0.1, 0.15) is 0 Å². The molecule has 0 spiro atoms. The van der Waals surface area contributed by atoms with Crippen LogP contribution in [0.5, 0.6) is 0 Å². The molecule has 118 valence electrons. The van der Waals surface area contributed by atoms with Gasteiger partial charge in [-0.25, -0.2) is 0 Å². The summed E-state index contributed by atoms with van der Waals surface area (Å²) in [6.07, 6.45) is 0. The van der Waals surface area contributed by atoms with Crippen LogP contribution in [0.15, 0.2) is 24.3 Å². The smallest absolute Gasteiger partial charge is 0.238 e. The van der Waals surface area contributed by atoms with Crippen LogP contribution in [0.3, 0.4) is 0 Å². The molecule has 0 fully saturated rings. The molecule has 1 amide bonds. The second kappa shape index (κ2) is 9.50. The molecule has 0 aromatic heterocycles. The Labute approximate surface area is 126 Å². The summed E-state index contributed by atoms with van der Waals surface area (Å²) in [5.74, 6) is 0.274. The second-order valence-corrected chi connectivity index (χ2v) is 5.28. The monoisotopic (exact) mass is 294 g/mol. The van der Waals surface area contributed by atoms with Crippen molar-refractivity contribution in [3.8, 4) is 0 Å². The van der Waals surface area contributed by atoms with Crippen LogP contribution in [0, 0.1) is 0 Å². The molecule has 0 aliphatic rings. The SMILES string of the molecule is COCCN(CCO)CC(=O)Nc1ccccc1C(C)C. The summed E-state index contributed by atoms with van der Waals surface area (Å²) in [5, 5.41) is 12.0. The minimum Gasteiger partial charge on any atom is -0.395 e. The minimum atomic E-state index is -0.0762. The van der Waals surface area contributed by atoms with Crippen LogP contribution >= 0.6 is 0 Å². The molecule has 1 aromatic carbocycles. The number of para-hydroxylation sites is 1. The van der Waals surface area contributed by atoms with Crippen LogP contribution in [0.2, 0.25) is 0 Å². The highest BCUT2D eigenvalue weighted by Gasteiger charge is 2.13. The molecule has 0 aliphatic carbocycles. The van der Waals surface area contributed by atoms with Gasteiger partial charge in [-0.2, -0.15) is 0 Å². The number of aliphatic hydroxyl groups is 1. The van der Waals surface area contributed by atoms with Crippen molar-refractivity contribution in [3.63, 3.8) is 0 Å². The number of methoxy groups -OCH3 is 1. The van der Waals surface area contributed by atoms with Gasteiger partial charge < -0.3 is 15.2 Å². The molecule has 1 aromatic rings. The zero-order chi connectivity index (χ0) is 15.7. The number of ether oxygens (including phenoxy) is 1. The van der Waals surface area contributed by atoms with Crippen molar-refractivity contribution in [3.05, 3.63) is 29.8 Å². The first-order valence-electron chi connectivity index (χ1n) is 7.29. The number of hydrogen-bond donors (Lipinski definition) is 2. The lowest BCUT2D eigenvalue weighted by atomic mass is 10.0. The van der Waals surface area contributed by atoms with Crippen molar-refractivity contribution < 1.29 is 14.6 Å². The van der Waals surface area contributed by atoms with E-state index in [1.54, 1.807) is 7.11 Å². The summed E-state index contributed by atoms with van der Waals surface area (Å²) in [4.78, 5) is 14.0. The molecular formula is C16H26N2O3. The van der Waals surface area contributed by atoms with Crippen molar-refractivity contribution in [2.24, 2.45) is 0 Å². The molecule has 0 radical (unpaired) electrons. The average molecular weight is 294 g/mol. The third-order valence-corrected chi connectivity index (χ3v) is 3.25. The largest absolute Gasteiger partial charge is 0.395 e. The van der Waals surface area contributed by atoms with Crippen molar-refractivity contribution in [1.29, 1.82) is 0 Å². The molecule has 5 nitrogen and oxygen atoms in total. The molecule has 0 aliphatic heterocycles. The van der Waals surface area contributed by atoms with Gasteiger partial charge in [0.2, 0.25) is 5.91 Å². The Hall–Kier alpha value is -1.43. The fourth-order valence-electron chi connectivity index (χ4n) is 2.14. The third kappa shape index (κ3) is 6.25. The Morgan fingerprint density at radius 1 is 1.33 bits per heavy atom. The summed E-state index contributed by atoms with van der Waals surface area (Å²) in [6.45, 7) is 6.09. The van der Waals surface area contributed by atoms with Crippen LogP contribution < -0.4 is 5.32 Å². The number of carbonyl (C=O) groups is 1. The summed E-state index contributed by atoms with van der Waals surface area (Å²) >= 11 is 0. The maximum Gasteiger partial charge on any atom is 0.238 e. The highest BCUT2D eigenvalue weighted by atomic mass is 16.5. The highest BCUT2D eigenvalue weighted by molar-refractivity contribution is 5.93. The Morgan fingerprint density at radius 2 is 2.05 bits per heavy atom. The fourth-order valence-corrected chi connectivity index (χ4v) is 2.14. The summed E-state index contributed by atoms with van der Waals surface area (Å²) < 4.78 is 5.01. The van der Waals surface area contributed by atoms with Gasteiger partial charge in [-0.1, -0.05) is 32.0 Å². The predicted molar refractivity (Wildman–Crippen MR) is 84.6 cm³/mol. The molecule has 0 saturated heterocycles. The number of amides is 1. The number of nitrogens with one attached hydrogen (secondary N) is 1. The maximum atomic E-state index is 12.2. The second-order valence-electron chi connectivity index (χ2n) is 5.28. The summed E-state index contributed by atoms with van der Waals surface area (Å²) in [6, 6.07) is 7.83. The van der Waals surface area contributed by atoms with Gasteiger partial charge in [0.15, 0.2) is 0 Å². The molecule has 0 atom stereocenters. The Morgan fingerprint density at radius 3 is 2.67 bits per heavy atom. The van der Waals surface area contributed by atoms with Gasteiger partial charge in [-0.15, -0.1) is 0 Å². The van der Waals surface area contributed by atoms with Crippen LogP contribution in [-0.2, 0) is 9.53 Å². The number of rotatable bonds is 9. The number of benzene rings is 1. The number of hydrogen-bond acceptors (Lipinski definition) is 4. The average Bonchev–Trinajstić information content (AvgIpc) is 2.45. The van der Waals surface area contributed by atoms with E-state index in [0.717, 1.165) is 11.3 Å². The first-order chi connectivity index (χ1) is 10.1. The lowest BCUT2D eigenvalue weighted by molar-refractivity contribution is -0.117. The van der Waals surface area contributed by atoms with Gasteiger partial charge in [-0.05, 0) is 17.5 Å². The molecule has 0 unspecified atom stereocenters. The number of aliphatic hydroxyl groups excluding tert-OH is 1. The first-order valence-corrected chi connectivity index (χ1v) is 7.29. The van der Waals surface area contributed by atoms with Crippen molar-refractivity contribution >= 4 is 11.6 Å². The van der Waals surface area contributed by atoms with E-state index in [4.69, 9.17) is 9.84 Å². The maximum absolute atomic E-state index is 12.2. The molecule has 0 heterocycles. The van der Waals surface area contributed by atoms with E-state index in [0.29, 0.717) is 25.6 Å². The molecule has 0 bridgehead atoms. The minimum absolute atomic E-state index is 0.0274. The Balaban J connectivity index is 2.63. The van der Waals surface area contributed by atoms with Crippen LogP contribution in [-0.4, -0.2) is 55.9 Å². The lowest BCUT2D eigenvalue weighted by Crippen LogP contribution is -2.37. The van der Waals surface area contributed by atoms with Crippen LogP contribution in [0.4, 0.5) is 5.69 Å². The van der Waals surface area contributed by atoms with E-state index in [1.807, 2.05) is 29.2 Å². The molecule has 5 heteroatoms. The van der Waals surface area contributed by atoms with E-state index >= 15 is 0 Å². The number of nitrogens with zero attached hydrogens (tertiary/aromatic N) is 1. The van der Waals surface area contributed by atoms with E-state index < -0.39 is 0 Å². The lowest BCUT2D eigenvalue weighted by Gasteiger charge is -2.21. The summed E-state index contributed by atoms with van der Waals surface area (Å²) in [5.41, 5.74) is 1.98. The zero-order valence-corrected chi connectivity index (χ0v) is 13.1. The molecule has 1 rings (SSSR count). The number of anilines is 1. The molecule has 21 heavy (non-hydrogen) atoms. The van der Waals surface area contributed by atoms with Gasteiger partial charge in [-0.3, -0.25) is 9.69 Å². The van der Waals surface area contributed by atoms with E-state index in [2.05, 4.69) is 19.2 Å². The van der Waals surface area contributed by atoms with E-state index in [-0.39, 0.29) is 19.1 Å². The van der Waals surface area contributed by atoms with Crippen molar-refractivity contribution in [2.75, 3.05) is 45.3 Å². The normalized spacial score (nSPS) is 11.1. The predicted octanol–water partition coefficient (Wildman–Crippen LogP) is 1.69. The first kappa shape index (κ1) is 17.6. The molecular weight excluding hydrogens is 268 g/mol. The van der Waals surface area contributed by atoms with Crippen LogP contribution in [0.25, 0.3) is 0 Å².